The van der Waals surface area contributed by atoms with Crippen molar-refractivity contribution in [1.82, 2.24) is 10.6 Å². The maximum absolute atomic E-state index is 12.0. The Balaban J connectivity index is 0.00000144. The second-order valence-electron chi connectivity index (χ2n) is 4.27. The molecule has 1 saturated heterocycles. The van der Waals surface area contributed by atoms with Gasteiger partial charge in [0.1, 0.15) is 0 Å². The number of nitrogens with one attached hydrogen (secondary N) is 2. The summed E-state index contributed by atoms with van der Waals surface area (Å²) in [7, 11) is 0. The number of piperidine rings is 1. The fourth-order valence-corrected chi connectivity index (χ4v) is 2.74. The monoisotopic (exact) mass is 274 g/mol. The molecule has 2 rings (SSSR count). The van der Waals surface area contributed by atoms with E-state index in [-0.39, 0.29) is 24.2 Å². The first kappa shape index (κ1) is 14.5. The molecular formula is C12H19ClN2OS. The summed E-state index contributed by atoms with van der Waals surface area (Å²) >= 11 is 1.65. The average molecular weight is 275 g/mol. The van der Waals surface area contributed by atoms with E-state index in [1.54, 1.807) is 11.3 Å². The van der Waals surface area contributed by atoms with Gasteiger partial charge in [0.15, 0.2) is 0 Å². The summed E-state index contributed by atoms with van der Waals surface area (Å²) in [6.07, 6.45) is 2.09. The Hall–Kier alpha value is -0.580. The van der Waals surface area contributed by atoms with Crippen molar-refractivity contribution in [3.63, 3.8) is 0 Å². The normalized spacial score (nSPS) is 18.2. The Morgan fingerprint density at radius 1 is 1.53 bits per heavy atom. The minimum atomic E-state index is -0.0186. The van der Waals surface area contributed by atoms with Crippen molar-refractivity contribution in [2.24, 2.45) is 0 Å². The summed E-state index contributed by atoms with van der Waals surface area (Å²) in [4.78, 5) is 13.1. The number of carbonyl (C=O) groups excluding carboxylic acids is 1. The van der Waals surface area contributed by atoms with E-state index in [2.05, 4.69) is 10.6 Å². The Labute approximate surface area is 112 Å². The third kappa shape index (κ3) is 3.98. The van der Waals surface area contributed by atoms with E-state index in [0.29, 0.717) is 6.04 Å². The summed E-state index contributed by atoms with van der Waals surface area (Å²) in [6.45, 7) is 4.00. The lowest BCUT2D eigenvalue weighted by molar-refractivity contribution is -0.123. The van der Waals surface area contributed by atoms with Crippen molar-refractivity contribution in [2.45, 2.75) is 31.7 Å². The molecule has 1 amide bonds. The van der Waals surface area contributed by atoms with E-state index in [9.17, 15) is 4.79 Å². The molecule has 0 saturated carbocycles. The van der Waals surface area contributed by atoms with Crippen LogP contribution < -0.4 is 10.6 Å². The van der Waals surface area contributed by atoms with E-state index in [1.807, 2.05) is 24.4 Å². The maximum Gasteiger partial charge on any atom is 0.228 e. The van der Waals surface area contributed by atoms with Crippen LogP contribution in [0.4, 0.5) is 0 Å². The average Bonchev–Trinajstić information content (AvgIpc) is 2.83. The van der Waals surface area contributed by atoms with Gasteiger partial charge >= 0.3 is 0 Å². The minimum Gasteiger partial charge on any atom is -0.353 e. The molecule has 2 heterocycles. The highest BCUT2D eigenvalue weighted by Crippen LogP contribution is 2.21. The van der Waals surface area contributed by atoms with Crippen LogP contribution in [0.25, 0.3) is 0 Å². The number of amides is 1. The van der Waals surface area contributed by atoms with Gasteiger partial charge in [0, 0.05) is 10.9 Å². The SMILES string of the molecule is CC(C(=O)NC1CCNCC1)c1cccs1.Cl. The van der Waals surface area contributed by atoms with Crippen molar-refractivity contribution in [3.8, 4) is 0 Å². The van der Waals surface area contributed by atoms with Crippen LogP contribution in [-0.4, -0.2) is 25.0 Å². The Bertz CT molecular complexity index is 336. The summed E-state index contributed by atoms with van der Waals surface area (Å²) < 4.78 is 0. The lowest BCUT2D eigenvalue weighted by Gasteiger charge is -2.25. The number of carbonyl (C=O) groups is 1. The predicted molar refractivity (Wildman–Crippen MR) is 74.0 cm³/mol. The van der Waals surface area contributed by atoms with Crippen LogP contribution in [-0.2, 0) is 4.79 Å². The Morgan fingerprint density at radius 3 is 2.82 bits per heavy atom. The van der Waals surface area contributed by atoms with Crippen molar-refractivity contribution in [1.29, 1.82) is 0 Å². The summed E-state index contributed by atoms with van der Waals surface area (Å²) in [5.74, 6) is 0.143. The van der Waals surface area contributed by atoms with Crippen LogP contribution in [0.5, 0.6) is 0 Å². The molecule has 3 nitrogen and oxygen atoms in total. The lowest BCUT2D eigenvalue weighted by Crippen LogP contribution is -2.43. The van der Waals surface area contributed by atoms with Gasteiger partial charge in [0.25, 0.3) is 0 Å². The fraction of sp³-hybridized carbons (Fsp3) is 0.583. The van der Waals surface area contributed by atoms with E-state index >= 15 is 0 Å². The number of hydrogen-bond donors (Lipinski definition) is 2. The predicted octanol–water partition coefficient (Wildman–Crippen LogP) is 2.14. The minimum absolute atomic E-state index is 0. The smallest absolute Gasteiger partial charge is 0.228 e. The van der Waals surface area contributed by atoms with Gasteiger partial charge in [0.2, 0.25) is 5.91 Å². The van der Waals surface area contributed by atoms with Crippen LogP contribution in [0, 0.1) is 0 Å². The lowest BCUT2D eigenvalue weighted by atomic mass is 10.0. The largest absolute Gasteiger partial charge is 0.353 e. The third-order valence-corrected chi connectivity index (χ3v) is 4.10. The van der Waals surface area contributed by atoms with Gasteiger partial charge in [-0.25, -0.2) is 0 Å². The molecule has 1 aliphatic heterocycles. The van der Waals surface area contributed by atoms with E-state index in [4.69, 9.17) is 0 Å². The van der Waals surface area contributed by atoms with Gasteiger partial charge in [-0.05, 0) is 44.3 Å². The van der Waals surface area contributed by atoms with Gasteiger partial charge in [-0.15, -0.1) is 23.7 Å². The molecule has 1 aromatic heterocycles. The molecule has 1 atom stereocenters. The molecule has 0 aliphatic carbocycles. The van der Waals surface area contributed by atoms with Crippen molar-refractivity contribution >= 4 is 29.7 Å². The molecule has 17 heavy (non-hydrogen) atoms. The van der Waals surface area contributed by atoms with Crippen LogP contribution in [0.2, 0.25) is 0 Å². The quantitative estimate of drug-likeness (QED) is 0.887. The molecule has 5 heteroatoms. The maximum atomic E-state index is 12.0. The van der Waals surface area contributed by atoms with Gasteiger partial charge < -0.3 is 10.6 Å². The summed E-state index contributed by atoms with van der Waals surface area (Å²) in [5, 5.41) is 8.45. The number of hydrogen-bond acceptors (Lipinski definition) is 3. The summed E-state index contributed by atoms with van der Waals surface area (Å²) in [5.41, 5.74) is 0. The van der Waals surface area contributed by atoms with Crippen molar-refractivity contribution in [3.05, 3.63) is 22.4 Å². The molecule has 0 aromatic carbocycles. The van der Waals surface area contributed by atoms with E-state index in [0.717, 1.165) is 30.8 Å². The molecular weight excluding hydrogens is 256 g/mol. The van der Waals surface area contributed by atoms with Crippen molar-refractivity contribution < 1.29 is 4.79 Å². The molecule has 1 aromatic rings. The van der Waals surface area contributed by atoms with Crippen LogP contribution in [0.1, 0.15) is 30.6 Å². The Kier molecular flexibility index (Phi) is 5.95. The van der Waals surface area contributed by atoms with Gasteiger partial charge in [0.05, 0.1) is 5.92 Å². The van der Waals surface area contributed by atoms with Gasteiger partial charge in [-0.3, -0.25) is 4.79 Å². The molecule has 0 radical (unpaired) electrons. The fourth-order valence-electron chi connectivity index (χ4n) is 1.96. The van der Waals surface area contributed by atoms with Crippen LogP contribution >= 0.6 is 23.7 Å². The molecule has 0 spiro atoms. The number of halogens is 1. The first-order chi connectivity index (χ1) is 7.77. The van der Waals surface area contributed by atoms with Crippen LogP contribution in [0.3, 0.4) is 0 Å². The van der Waals surface area contributed by atoms with E-state index < -0.39 is 0 Å². The third-order valence-electron chi connectivity index (χ3n) is 3.05. The second kappa shape index (κ2) is 6.99. The zero-order valence-corrected chi connectivity index (χ0v) is 11.6. The molecule has 2 N–H and O–H groups in total. The van der Waals surface area contributed by atoms with Crippen molar-refractivity contribution in [2.75, 3.05) is 13.1 Å². The van der Waals surface area contributed by atoms with Gasteiger partial charge in [-0.1, -0.05) is 6.07 Å². The van der Waals surface area contributed by atoms with Gasteiger partial charge in [-0.2, -0.15) is 0 Å². The topological polar surface area (TPSA) is 41.1 Å². The molecule has 1 unspecified atom stereocenters. The standard InChI is InChI=1S/C12H18N2OS.ClH/c1-9(11-3-2-8-16-11)12(15)14-10-4-6-13-7-5-10;/h2-3,8-10,13H,4-7H2,1H3,(H,14,15);1H. The zero-order chi connectivity index (χ0) is 11.4. The molecule has 0 bridgehead atoms. The highest BCUT2D eigenvalue weighted by atomic mass is 35.5. The molecule has 96 valence electrons. The Morgan fingerprint density at radius 2 is 2.24 bits per heavy atom. The first-order valence-electron chi connectivity index (χ1n) is 5.82. The zero-order valence-electron chi connectivity index (χ0n) is 9.94. The first-order valence-corrected chi connectivity index (χ1v) is 6.70. The molecule has 1 fully saturated rings. The van der Waals surface area contributed by atoms with Crippen LogP contribution in [0.15, 0.2) is 17.5 Å². The highest BCUT2D eigenvalue weighted by Gasteiger charge is 2.20. The molecule has 1 aliphatic rings. The highest BCUT2D eigenvalue weighted by molar-refractivity contribution is 7.10. The number of thiophene rings is 1. The van der Waals surface area contributed by atoms with E-state index in [1.165, 1.54) is 0 Å². The number of rotatable bonds is 3. The summed E-state index contributed by atoms with van der Waals surface area (Å²) in [6, 6.07) is 4.38. The second-order valence-corrected chi connectivity index (χ2v) is 5.25.